The average molecular weight is 333 g/mol. The first-order valence-electron chi connectivity index (χ1n) is 6.49. The molecule has 2 unspecified atom stereocenters. The fourth-order valence-electron chi connectivity index (χ4n) is 2.54. The van der Waals surface area contributed by atoms with Gasteiger partial charge in [-0.1, -0.05) is 30.7 Å². The zero-order chi connectivity index (χ0) is 13.0. The topological polar surface area (TPSA) is 21.3 Å². The number of ether oxygens (including phenoxy) is 1. The molecule has 1 N–H and O–H groups in total. The summed E-state index contributed by atoms with van der Waals surface area (Å²) in [6.07, 6.45) is 2.33. The molecule has 4 heteroatoms. The molecule has 1 aliphatic rings. The Labute approximate surface area is 122 Å². The Balaban J connectivity index is 2.25. The molecular formula is C14H19BrClNO. The van der Waals surface area contributed by atoms with Crippen LogP contribution in [0.3, 0.4) is 0 Å². The van der Waals surface area contributed by atoms with E-state index in [2.05, 4.69) is 34.2 Å². The molecule has 1 fully saturated rings. The molecule has 1 aliphatic heterocycles. The lowest BCUT2D eigenvalue weighted by molar-refractivity contribution is 0.0393. The van der Waals surface area contributed by atoms with Crippen LogP contribution in [-0.4, -0.2) is 19.8 Å². The minimum atomic E-state index is 0.278. The van der Waals surface area contributed by atoms with Crippen LogP contribution >= 0.6 is 27.5 Å². The lowest BCUT2D eigenvalue weighted by Gasteiger charge is -2.31. The van der Waals surface area contributed by atoms with Crippen molar-refractivity contribution in [1.82, 2.24) is 5.32 Å². The predicted octanol–water partition coefficient (Wildman–Crippen LogP) is 4.18. The second-order valence-corrected chi connectivity index (χ2v) is 5.89. The molecule has 0 amide bonds. The number of benzene rings is 1. The van der Waals surface area contributed by atoms with E-state index in [0.29, 0.717) is 5.92 Å². The fraction of sp³-hybridized carbons (Fsp3) is 0.571. The maximum atomic E-state index is 6.42. The fourth-order valence-corrected chi connectivity index (χ4v) is 3.16. The molecule has 1 heterocycles. The maximum Gasteiger partial charge on any atom is 0.0595 e. The standard InChI is InChI=1S/C14H19BrClNO/c1-2-17-14(10-5-4-8-18-9-10)11-6-3-7-12(15)13(11)16/h3,6-7,10,14,17H,2,4-5,8-9H2,1H3. The molecule has 2 atom stereocenters. The maximum absolute atomic E-state index is 6.42. The highest BCUT2D eigenvalue weighted by Crippen LogP contribution is 2.36. The first-order valence-corrected chi connectivity index (χ1v) is 7.66. The van der Waals surface area contributed by atoms with E-state index < -0.39 is 0 Å². The SMILES string of the molecule is CCNC(c1cccc(Br)c1Cl)C1CCCOC1. The summed E-state index contributed by atoms with van der Waals surface area (Å²) >= 11 is 9.91. The van der Waals surface area contributed by atoms with E-state index in [9.17, 15) is 0 Å². The second kappa shape index (κ2) is 6.90. The first kappa shape index (κ1) is 14.3. The lowest BCUT2D eigenvalue weighted by Crippen LogP contribution is -2.33. The summed E-state index contributed by atoms with van der Waals surface area (Å²) in [5, 5.41) is 4.37. The highest BCUT2D eigenvalue weighted by Gasteiger charge is 2.26. The van der Waals surface area contributed by atoms with Gasteiger partial charge < -0.3 is 10.1 Å². The average Bonchev–Trinajstić information content (AvgIpc) is 2.41. The van der Waals surface area contributed by atoms with Gasteiger partial charge >= 0.3 is 0 Å². The Kier molecular flexibility index (Phi) is 5.49. The molecular weight excluding hydrogens is 314 g/mol. The zero-order valence-corrected chi connectivity index (χ0v) is 12.9. The van der Waals surface area contributed by atoms with E-state index in [1.165, 1.54) is 12.0 Å². The number of hydrogen-bond acceptors (Lipinski definition) is 2. The Morgan fingerprint density at radius 2 is 2.39 bits per heavy atom. The van der Waals surface area contributed by atoms with Gasteiger partial charge in [-0.2, -0.15) is 0 Å². The monoisotopic (exact) mass is 331 g/mol. The third kappa shape index (κ3) is 3.27. The van der Waals surface area contributed by atoms with Crippen molar-refractivity contribution >= 4 is 27.5 Å². The summed E-state index contributed by atoms with van der Waals surface area (Å²) in [5.41, 5.74) is 1.17. The van der Waals surface area contributed by atoms with Crippen LogP contribution in [0.15, 0.2) is 22.7 Å². The van der Waals surface area contributed by atoms with Gasteiger partial charge in [0.25, 0.3) is 0 Å². The van der Waals surface area contributed by atoms with Gasteiger partial charge in [-0.3, -0.25) is 0 Å². The molecule has 2 rings (SSSR count). The molecule has 100 valence electrons. The molecule has 1 aromatic rings. The Morgan fingerprint density at radius 3 is 3.06 bits per heavy atom. The van der Waals surface area contributed by atoms with Crippen LogP contribution in [-0.2, 0) is 4.74 Å². The van der Waals surface area contributed by atoms with Crippen LogP contribution in [0.2, 0.25) is 5.02 Å². The highest BCUT2D eigenvalue weighted by atomic mass is 79.9. The molecule has 0 bridgehead atoms. The predicted molar refractivity (Wildman–Crippen MR) is 79.1 cm³/mol. The minimum Gasteiger partial charge on any atom is -0.381 e. The Morgan fingerprint density at radius 1 is 1.56 bits per heavy atom. The van der Waals surface area contributed by atoms with Crippen molar-refractivity contribution in [2.45, 2.75) is 25.8 Å². The summed E-state index contributed by atoms with van der Waals surface area (Å²) in [7, 11) is 0. The minimum absolute atomic E-state index is 0.278. The summed E-state index contributed by atoms with van der Waals surface area (Å²) in [6, 6.07) is 6.40. The van der Waals surface area contributed by atoms with Crippen LogP contribution in [0.1, 0.15) is 31.4 Å². The van der Waals surface area contributed by atoms with E-state index >= 15 is 0 Å². The lowest BCUT2D eigenvalue weighted by atomic mass is 9.88. The number of hydrogen-bond donors (Lipinski definition) is 1. The van der Waals surface area contributed by atoms with Gasteiger partial charge in [-0.05, 0) is 46.9 Å². The second-order valence-electron chi connectivity index (χ2n) is 4.66. The Hall–Kier alpha value is -0.0900. The van der Waals surface area contributed by atoms with E-state index in [1.54, 1.807) is 0 Å². The Bertz CT molecular complexity index is 393. The summed E-state index contributed by atoms with van der Waals surface area (Å²) < 4.78 is 6.57. The summed E-state index contributed by atoms with van der Waals surface area (Å²) in [4.78, 5) is 0. The van der Waals surface area contributed by atoms with Crippen molar-refractivity contribution in [3.8, 4) is 0 Å². The van der Waals surface area contributed by atoms with Gasteiger partial charge in [0.2, 0.25) is 0 Å². The third-order valence-corrected chi connectivity index (χ3v) is 4.72. The molecule has 0 radical (unpaired) electrons. The molecule has 18 heavy (non-hydrogen) atoms. The van der Waals surface area contributed by atoms with Crippen molar-refractivity contribution in [3.05, 3.63) is 33.3 Å². The van der Waals surface area contributed by atoms with Crippen molar-refractivity contribution in [2.75, 3.05) is 19.8 Å². The molecule has 0 aliphatic carbocycles. The van der Waals surface area contributed by atoms with Gasteiger partial charge in [0.15, 0.2) is 0 Å². The van der Waals surface area contributed by atoms with E-state index in [4.69, 9.17) is 16.3 Å². The number of rotatable bonds is 4. The molecule has 0 aromatic heterocycles. The van der Waals surface area contributed by atoms with Gasteiger partial charge in [-0.25, -0.2) is 0 Å². The molecule has 1 saturated heterocycles. The largest absolute Gasteiger partial charge is 0.381 e. The molecule has 0 spiro atoms. The quantitative estimate of drug-likeness (QED) is 0.893. The van der Waals surface area contributed by atoms with Crippen LogP contribution in [0.4, 0.5) is 0 Å². The number of nitrogens with one attached hydrogen (secondary N) is 1. The van der Waals surface area contributed by atoms with Crippen LogP contribution < -0.4 is 5.32 Å². The normalized spacial score (nSPS) is 21.8. The van der Waals surface area contributed by atoms with Gasteiger partial charge in [0.05, 0.1) is 11.6 Å². The van der Waals surface area contributed by atoms with Crippen LogP contribution in [0, 0.1) is 5.92 Å². The third-order valence-electron chi connectivity index (χ3n) is 3.41. The smallest absolute Gasteiger partial charge is 0.0595 e. The van der Waals surface area contributed by atoms with Gasteiger partial charge in [0.1, 0.15) is 0 Å². The summed E-state index contributed by atoms with van der Waals surface area (Å²) in [6.45, 7) is 4.77. The first-order chi connectivity index (χ1) is 8.74. The molecule has 2 nitrogen and oxygen atoms in total. The van der Waals surface area contributed by atoms with Gasteiger partial charge in [-0.15, -0.1) is 0 Å². The van der Waals surface area contributed by atoms with Crippen molar-refractivity contribution in [1.29, 1.82) is 0 Å². The summed E-state index contributed by atoms with van der Waals surface area (Å²) in [5.74, 6) is 0.505. The van der Waals surface area contributed by atoms with Crippen LogP contribution in [0.25, 0.3) is 0 Å². The van der Waals surface area contributed by atoms with Crippen LogP contribution in [0.5, 0.6) is 0 Å². The highest BCUT2D eigenvalue weighted by molar-refractivity contribution is 9.10. The zero-order valence-electron chi connectivity index (χ0n) is 10.6. The molecule has 1 aromatic carbocycles. The van der Waals surface area contributed by atoms with E-state index in [-0.39, 0.29) is 6.04 Å². The number of halogens is 2. The molecule has 0 saturated carbocycles. The van der Waals surface area contributed by atoms with Crippen molar-refractivity contribution in [3.63, 3.8) is 0 Å². The van der Waals surface area contributed by atoms with E-state index in [0.717, 1.165) is 35.7 Å². The van der Waals surface area contributed by atoms with Crippen molar-refractivity contribution in [2.24, 2.45) is 5.92 Å². The van der Waals surface area contributed by atoms with Crippen molar-refractivity contribution < 1.29 is 4.74 Å². The van der Waals surface area contributed by atoms with E-state index in [1.807, 2.05) is 12.1 Å². The van der Waals surface area contributed by atoms with Gasteiger partial charge in [0, 0.05) is 23.0 Å².